The Morgan fingerprint density at radius 3 is 2.89 bits per heavy atom. The minimum atomic E-state index is -0.112. The van der Waals surface area contributed by atoms with Gasteiger partial charge in [-0.05, 0) is 69.1 Å². The van der Waals surface area contributed by atoms with Gasteiger partial charge in [0.05, 0.1) is 12.7 Å². The summed E-state index contributed by atoms with van der Waals surface area (Å²) in [6.45, 7) is 5.73. The van der Waals surface area contributed by atoms with Crippen molar-refractivity contribution in [1.82, 2.24) is 0 Å². The monoisotopic (exact) mass is 388 g/mol. The molecule has 2 saturated carbocycles. The molecule has 0 spiro atoms. The Labute approximate surface area is 169 Å². The highest BCUT2D eigenvalue weighted by Gasteiger charge is 2.46. The minimum absolute atomic E-state index is 0.112. The molecular weight excluding hydrogens is 352 g/mol. The number of hydrogen-bond donors (Lipinski definition) is 1. The van der Waals surface area contributed by atoms with Crippen molar-refractivity contribution in [2.45, 2.75) is 83.3 Å². The third-order valence-electron chi connectivity index (χ3n) is 7.60. The van der Waals surface area contributed by atoms with Crippen molar-refractivity contribution in [2.75, 3.05) is 18.1 Å². The summed E-state index contributed by atoms with van der Waals surface area (Å²) in [7, 11) is 0. The highest BCUT2D eigenvalue weighted by molar-refractivity contribution is 7.99. The highest BCUT2D eigenvalue weighted by atomic mass is 32.2. The minimum Gasteiger partial charge on any atom is -0.393 e. The third kappa shape index (κ3) is 4.26. The molecule has 1 N–H and O–H groups in total. The zero-order valence-electron chi connectivity index (χ0n) is 17.1. The van der Waals surface area contributed by atoms with E-state index in [4.69, 9.17) is 4.74 Å². The first-order valence-corrected chi connectivity index (χ1v) is 12.2. The molecule has 0 radical (unpaired) electrons. The SMILES string of the molecule is CCC1(CSCC2=CCC3/C(=C/C=C4/CCCC(O)C4)CCCC23C)CO1. The van der Waals surface area contributed by atoms with E-state index in [0.717, 1.165) is 38.0 Å². The zero-order valence-corrected chi connectivity index (χ0v) is 18.0. The molecule has 4 atom stereocenters. The average molecular weight is 389 g/mol. The van der Waals surface area contributed by atoms with Gasteiger partial charge in [-0.2, -0.15) is 11.8 Å². The van der Waals surface area contributed by atoms with Crippen LogP contribution in [0.2, 0.25) is 0 Å². The zero-order chi connectivity index (χ0) is 18.9. The molecule has 4 aliphatic rings. The Kier molecular flexibility index (Phi) is 5.92. The van der Waals surface area contributed by atoms with Crippen LogP contribution in [0.5, 0.6) is 0 Å². The van der Waals surface area contributed by atoms with Gasteiger partial charge in [-0.25, -0.2) is 0 Å². The van der Waals surface area contributed by atoms with E-state index in [2.05, 4.69) is 43.8 Å². The van der Waals surface area contributed by atoms with Crippen LogP contribution in [0, 0.1) is 11.3 Å². The molecule has 1 aliphatic heterocycles. The van der Waals surface area contributed by atoms with Crippen LogP contribution in [-0.4, -0.2) is 34.9 Å². The number of hydrogen-bond acceptors (Lipinski definition) is 3. The number of allylic oxidation sites excluding steroid dienone is 4. The molecule has 3 aliphatic carbocycles. The quantitative estimate of drug-likeness (QED) is 0.459. The molecule has 4 unspecified atom stereocenters. The number of aliphatic hydroxyl groups excluding tert-OH is 1. The Morgan fingerprint density at radius 2 is 2.15 bits per heavy atom. The highest BCUT2D eigenvalue weighted by Crippen LogP contribution is 2.55. The van der Waals surface area contributed by atoms with Crippen molar-refractivity contribution in [3.63, 3.8) is 0 Å². The normalized spacial score (nSPS) is 41.7. The lowest BCUT2D eigenvalue weighted by Crippen LogP contribution is -2.31. The largest absolute Gasteiger partial charge is 0.393 e. The van der Waals surface area contributed by atoms with Crippen LogP contribution in [-0.2, 0) is 4.74 Å². The molecule has 0 aromatic rings. The molecule has 2 nitrogen and oxygen atoms in total. The molecule has 0 amide bonds. The fourth-order valence-electron chi connectivity index (χ4n) is 5.42. The van der Waals surface area contributed by atoms with Crippen molar-refractivity contribution in [2.24, 2.45) is 11.3 Å². The summed E-state index contributed by atoms with van der Waals surface area (Å²) in [6, 6.07) is 0. The Morgan fingerprint density at radius 1 is 1.30 bits per heavy atom. The second-order valence-corrected chi connectivity index (χ2v) is 10.4. The van der Waals surface area contributed by atoms with E-state index in [0.29, 0.717) is 11.3 Å². The van der Waals surface area contributed by atoms with E-state index in [1.165, 1.54) is 43.4 Å². The summed E-state index contributed by atoms with van der Waals surface area (Å²) in [6.07, 6.45) is 17.7. The number of epoxide rings is 1. The first-order valence-electron chi connectivity index (χ1n) is 11.0. The fourth-order valence-corrected chi connectivity index (χ4v) is 6.93. The van der Waals surface area contributed by atoms with Gasteiger partial charge in [0.25, 0.3) is 0 Å². The molecule has 0 aromatic carbocycles. The number of ether oxygens (including phenoxy) is 1. The molecule has 27 heavy (non-hydrogen) atoms. The number of fused-ring (bicyclic) bond motifs is 1. The lowest BCUT2D eigenvalue weighted by Gasteiger charge is -2.41. The van der Waals surface area contributed by atoms with Gasteiger partial charge in [0.15, 0.2) is 0 Å². The third-order valence-corrected chi connectivity index (χ3v) is 8.84. The molecule has 4 rings (SSSR count). The summed E-state index contributed by atoms with van der Waals surface area (Å²) in [5, 5.41) is 9.92. The van der Waals surface area contributed by atoms with Crippen LogP contribution in [0.15, 0.2) is 34.9 Å². The molecule has 1 saturated heterocycles. The Bertz CT molecular complexity index is 643. The fraction of sp³-hybridized carbons (Fsp3) is 0.750. The molecule has 1 heterocycles. The lowest BCUT2D eigenvalue weighted by molar-refractivity contribution is 0.149. The summed E-state index contributed by atoms with van der Waals surface area (Å²) in [5.41, 5.74) is 5.37. The predicted octanol–water partition coefficient (Wildman–Crippen LogP) is 5.82. The molecule has 0 bridgehead atoms. The van der Waals surface area contributed by atoms with Gasteiger partial charge in [-0.3, -0.25) is 0 Å². The second-order valence-electron chi connectivity index (χ2n) is 9.42. The van der Waals surface area contributed by atoms with Gasteiger partial charge < -0.3 is 9.84 Å². The van der Waals surface area contributed by atoms with E-state index >= 15 is 0 Å². The van der Waals surface area contributed by atoms with Crippen molar-refractivity contribution in [3.8, 4) is 0 Å². The first-order chi connectivity index (χ1) is 13.0. The van der Waals surface area contributed by atoms with E-state index in [9.17, 15) is 5.11 Å². The van der Waals surface area contributed by atoms with Crippen molar-refractivity contribution >= 4 is 11.8 Å². The topological polar surface area (TPSA) is 32.8 Å². The van der Waals surface area contributed by atoms with Gasteiger partial charge in [0, 0.05) is 11.5 Å². The van der Waals surface area contributed by atoms with Crippen LogP contribution in [0.25, 0.3) is 0 Å². The van der Waals surface area contributed by atoms with Crippen LogP contribution in [0.1, 0.15) is 71.6 Å². The Balaban J connectivity index is 1.39. The molecular formula is C24H36O2S. The maximum atomic E-state index is 9.92. The van der Waals surface area contributed by atoms with Gasteiger partial charge in [0.1, 0.15) is 5.60 Å². The standard InChI is InChI=1S/C24H36O2S/c1-3-24(16-26-24)17-27-15-20-11-12-22-19(7-5-13-23(20,22)2)10-9-18-6-4-8-21(25)14-18/h9-11,21-22,25H,3-8,12-17H2,1-2H3/b18-9-,19-10+. The molecule has 0 aromatic heterocycles. The maximum Gasteiger partial charge on any atom is 0.100 e. The van der Waals surface area contributed by atoms with Crippen LogP contribution < -0.4 is 0 Å². The van der Waals surface area contributed by atoms with Crippen molar-refractivity contribution in [3.05, 3.63) is 34.9 Å². The first kappa shape index (κ1) is 19.8. The maximum absolute atomic E-state index is 9.92. The van der Waals surface area contributed by atoms with Crippen LogP contribution in [0.4, 0.5) is 0 Å². The lowest BCUT2D eigenvalue weighted by atomic mass is 9.64. The van der Waals surface area contributed by atoms with Gasteiger partial charge >= 0.3 is 0 Å². The van der Waals surface area contributed by atoms with E-state index < -0.39 is 0 Å². The van der Waals surface area contributed by atoms with E-state index in [1.54, 1.807) is 11.1 Å². The molecule has 150 valence electrons. The molecule has 3 heteroatoms. The average Bonchev–Trinajstić information content (AvgIpc) is 3.36. The Hall–Kier alpha value is -0.510. The smallest absolute Gasteiger partial charge is 0.100 e. The van der Waals surface area contributed by atoms with Crippen molar-refractivity contribution < 1.29 is 9.84 Å². The second kappa shape index (κ2) is 8.08. The summed E-state index contributed by atoms with van der Waals surface area (Å²) < 4.78 is 5.68. The van der Waals surface area contributed by atoms with Crippen LogP contribution in [0.3, 0.4) is 0 Å². The van der Waals surface area contributed by atoms with Gasteiger partial charge in [-0.15, -0.1) is 0 Å². The van der Waals surface area contributed by atoms with Gasteiger partial charge in [-0.1, -0.05) is 48.8 Å². The number of aliphatic hydroxyl groups is 1. The summed E-state index contributed by atoms with van der Waals surface area (Å²) >= 11 is 2.08. The summed E-state index contributed by atoms with van der Waals surface area (Å²) in [4.78, 5) is 0. The van der Waals surface area contributed by atoms with Crippen LogP contribution >= 0.6 is 11.8 Å². The van der Waals surface area contributed by atoms with E-state index in [1.807, 2.05) is 0 Å². The van der Waals surface area contributed by atoms with Gasteiger partial charge in [0.2, 0.25) is 0 Å². The number of thioether (sulfide) groups is 1. The predicted molar refractivity (Wildman–Crippen MR) is 115 cm³/mol. The summed E-state index contributed by atoms with van der Waals surface area (Å²) in [5.74, 6) is 3.03. The van der Waals surface area contributed by atoms with E-state index in [-0.39, 0.29) is 11.7 Å². The molecule has 3 fully saturated rings. The number of rotatable bonds is 6. The van der Waals surface area contributed by atoms with Crippen molar-refractivity contribution in [1.29, 1.82) is 0 Å².